The van der Waals surface area contributed by atoms with Gasteiger partial charge in [-0.1, -0.05) is 18.2 Å². The van der Waals surface area contributed by atoms with E-state index in [0.29, 0.717) is 0 Å². The maximum Gasteiger partial charge on any atom is 0.0366 e. The number of benzene rings is 1. The van der Waals surface area contributed by atoms with E-state index in [1.54, 1.807) is 0 Å². The summed E-state index contributed by atoms with van der Waals surface area (Å²) in [6.07, 6.45) is 1.23. The molecule has 80 valence electrons. The minimum absolute atomic E-state index is 0.864. The van der Waals surface area contributed by atoms with Crippen LogP contribution in [0.2, 0.25) is 0 Å². The molecule has 1 heterocycles. The van der Waals surface area contributed by atoms with Crippen molar-refractivity contribution in [3.63, 3.8) is 0 Å². The summed E-state index contributed by atoms with van der Waals surface area (Å²) in [5.41, 5.74) is 6.99. The van der Waals surface area contributed by atoms with Crippen LogP contribution in [0.15, 0.2) is 30.3 Å². The Labute approximate surface area is 91.1 Å². The van der Waals surface area contributed by atoms with Crippen LogP contribution in [0, 0.1) is 17.8 Å². The molecule has 2 heteroatoms. The zero-order chi connectivity index (χ0) is 10.3. The van der Waals surface area contributed by atoms with Gasteiger partial charge in [-0.25, -0.2) is 0 Å². The maximum atomic E-state index is 5.60. The van der Waals surface area contributed by atoms with Crippen LogP contribution < -0.4 is 10.6 Å². The molecule has 0 aromatic heterocycles. The molecular weight excluding hydrogens is 184 g/mol. The van der Waals surface area contributed by atoms with Crippen LogP contribution in [0.4, 0.5) is 5.69 Å². The summed E-state index contributed by atoms with van der Waals surface area (Å²) in [6, 6.07) is 10.7. The van der Waals surface area contributed by atoms with Gasteiger partial charge in [-0.2, -0.15) is 0 Å². The molecule has 15 heavy (non-hydrogen) atoms. The highest BCUT2D eigenvalue weighted by Crippen LogP contribution is 2.53. The first-order chi connectivity index (χ1) is 7.40. The van der Waals surface area contributed by atoms with E-state index in [-0.39, 0.29) is 0 Å². The third-order valence-corrected chi connectivity index (χ3v) is 3.99. The van der Waals surface area contributed by atoms with Crippen molar-refractivity contribution in [3.05, 3.63) is 30.3 Å². The lowest BCUT2D eigenvalue weighted by molar-refractivity contribution is 0.599. The summed E-state index contributed by atoms with van der Waals surface area (Å²) in [7, 11) is 0. The summed E-state index contributed by atoms with van der Waals surface area (Å²) < 4.78 is 0. The highest BCUT2D eigenvalue weighted by atomic mass is 15.2. The Balaban J connectivity index is 1.62. The fourth-order valence-corrected chi connectivity index (χ4v) is 3.12. The number of piperidine rings is 1. The number of anilines is 1. The minimum atomic E-state index is 0.864. The van der Waals surface area contributed by atoms with Crippen molar-refractivity contribution >= 4 is 5.69 Å². The molecule has 1 aliphatic heterocycles. The Hall–Kier alpha value is -1.02. The average Bonchev–Trinajstić information content (AvgIpc) is 2.77. The monoisotopic (exact) mass is 202 g/mol. The molecule has 0 radical (unpaired) electrons. The molecule has 1 saturated carbocycles. The third kappa shape index (κ3) is 1.53. The highest BCUT2D eigenvalue weighted by Gasteiger charge is 2.54. The molecule has 1 saturated heterocycles. The van der Waals surface area contributed by atoms with Gasteiger partial charge in [-0.3, -0.25) is 0 Å². The van der Waals surface area contributed by atoms with Gasteiger partial charge in [-0.15, -0.1) is 0 Å². The van der Waals surface area contributed by atoms with Gasteiger partial charge in [0.25, 0.3) is 0 Å². The summed E-state index contributed by atoms with van der Waals surface area (Å²) in [5, 5.41) is 0. The SMILES string of the molecule is NCCC1C2CN(c3ccccc3)CC12. The quantitative estimate of drug-likeness (QED) is 0.808. The lowest BCUT2D eigenvalue weighted by atomic mass is 10.2. The van der Waals surface area contributed by atoms with Crippen molar-refractivity contribution in [1.82, 2.24) is 0 Å². The number of para-hydroxylation sites is 1. The number of fused-ring (bicyclic) bond motifs is 1. The standard InChI is InChI=1S/C13H18N2/c14-7-6-11-12-8-15(9-13(11)12)10-4-2-1-3-5-10/h1-5,11-13H,6-9,14H2. The van der Waals surface area contributed by atoms with E-state index in [1.807, 2.05) is 0 Å². The van der Waals surface area contributed by atoms with Gasteiger partial charge >= 0.3 is 0 Å². The van der Waals surface area contributed by atoms with Crippen LogP contribution in [0.25, 0.3) is 0 Å². The van der Waals surface area contributed by atoms with Crippen molar-refractivity contribution in [2.45, 2.75) is 6.42 Å². The minimum Gasteiger partial charge on any atom is -0.371 e. The van der Waals surface area contributed by atoms with Crippen molar-refractivity contribution < 1.29 is 0 Å². The number of nitrogens with two attached hydrogens (primary N) is 1. The van der Waals surface area contributed by atoms with E-state index in [4.69, 9.17) is 5.73 Å². The van der Waals surface area contributed by atoms with Gasteiger partial charge in [0.15, 0.2) is 0 Å². The van der Waals surface area contributed by atoms with Crippen molar-refractivity contribution in [1.29, 1.82) is 0 Å². The van der Waals surface area contributed by atoms with E-state index in [1.165, 1.54) is 25.2 Å². The predicted octanol–water partition coefficient (Wildman–Crippen LogP) is 1.72. The first-order valence-electron chi connectivity index (χ1n) is 5.90. The molecule has 1 aromatic rings. The lowest BCUT2D eigenvalue weighted by Crippen LogP contribution is -2.24. The first kappa shape index (κ1) is 9.22. The van der Waals surface area contributed by atoms with Crippen molar-refractivity contribution in [3.8, 4) is 0 Å². The summed E-state index contributed by atoms with van der Waals surface area (Å²) in [6.45, 7) is 3.36. The van der Waals surface area contributed by atoms with Crippen LogP contribution in [-0.2, 0) is 0 Å². The van der Waals surface area contributed by atoms with E-state index < -0.39 is 0 Å². The molecule has 2 N–H and O–H groups in total. The Kier molecular flexibility index (Phi) is 2.17. The fourth-order valence-electron chi connectivity index (χ4n) is 3.12. The fraction of sp³-hybridized carbons (Fsp3) is 0.538. The van der Waals surface area contributed by atoms with Gasteiger partial charge in [0.05, 0.1) is 0 Å². The van der Waals surface area contributed by atoms with E-state index >= 15 is 0 Å². The zero-order valence-corrected chi connectivity index (χ0v) is 8.97. The van der Waals surface area contributed by atoms with Crippen LogP contribution >= 0.6 is 0 Å². The van der Waals surface area contributed by atoms with Gasteiger partial charge in [0.2, 0.25) is 0 Å². The number of hydrogen-bond acceptors (Lipinski definition) is 2. The van der Waals surface area contributed by atoms with Crippen LogP contribution in [0.1, 0.15) is 6.42 Å². The molecule has 2 fully saturated rings. The molecular formula is C13H18N2. The number of rotatable bonds is 3. The lowest BCUT2D eigenvalue weighted by Gasteiger charge is -2.21. The van der Waals surface area contributed by atoms with Gasteiger partial charge < -0.3 is 10.6 Å². The molecule has 0 amide bonds. The van der Waals surface area contributed by atoms with Crippen LogP contribution in [-0.4, -0.2) is 19.6 Å². The molecule has 1 aromatic carbocycles. The molecule has 2 atom stereocenters. The van der Waals surface area contributed by atoms with Crippen LogP contribution in [0.5, 0.6) is 0 Å². The molecule has 2 aliphatic rings. The third-order valence-electron chi connectivity index (χ3n) is 3.99. The van der Waals surface area contributed by atoms with Gasteiger partial charge in [0, 0.05) is 18.8 Å². The van der Waals surface area contributed by atoms with Gasteiger partial charge in [-0.05, 0) is 42.9 Å². The van der Waals surface area contributed by atoms with Crippen molar-refractivity contribution in [2.24, 2.45) is 23.5 Å². The number of nitrogens with zero attached hydrogens (tertiary/aromatic N) is 1. The molecule has 2 nitrogen and oxygen atoms in total. The molecule has 3 rings (SSSR count). The molecule has 1 aliphatic carbocycles. The average molecular weight is 202 g/mol. The largest absolute Gasteiger partial charge is 0.371 e. The molecule has 0 bridgehead atoms. The molecule has 2 unspecified atom stereocenters. The Bertz CT molecular complexity index is 324. The van der Waals surface area contributed by atoms with E-state index in [9.17, 15) is 0 Å². The maximum absolute atomic E-state index is 5.60. The van der Waals surface area contributed by atoms with Crippen molar-refractivity contribution in [2.75, 3.05) is 24.5 Å². The Morgan fingerprint density at radius 2 is 1.80 bits per heavy atom. The Morgan fingerprint density at radius 3 is 2.40 bits per heavy atom. The van der Waals surface area contributed by atoms with E-state index in [0.717, 1.165) is 24.3 Å². The summed E-state index contributed by atoms with van der Waals surface area (Å²) >= 11 is 0. The predicted molar refractivity (Wildman–Crippen MR) is 62.8 cm³/mol. The van der Waals surface area contributed by atoms with E-state index in [2.05, 4.69) is 35.2 Å². The zero-order valence-electron chi connectivity index (χ0n) is 8.97. The summed E-state index contributed by atoms with van der Waals surface area (Å²) in [4.78, 5) is 2.52. The van der Waals surface area contributed by atoms with Gasteiger partial charge in [0.1, 0.15) is 0 Å². The topological polar surface area (TPSA) is 29.3 Å². The van der Waals surface area contributed by atoms with Crippen LogP contribution in [0.3, 0.4) is 0 Å². The highest BCUT2D eigenvalue weighted by molar-refractivity contribution is 5.48. The second-order valence-corrected chi connectivity index (χ2v) is 4.81. The Morgan fingerprint density at radius 1 is 1.13 bits per heavy atom. The number of hydrogen-bond donors (Lipinski definition) is 1. The first-order valence-corrected chi connectivity index (χ1v) is 5.90. The smallest absolute Gasteiger partial charge is 0.0366 e. The summed E-state index contributed by atoms with van der Waals surface area (Å²) in [5.74, 6) is 2.82. The second kappa shape index (κ2) is 3.53. The second-order valence-electron chi connectivity index (χ2n) is 4.81. The molecule has 0 spiro atoms. The normalized spacial score (nSPS) is 32.9.